The fraction of sp³-hybridized carbons (Fsp3) is 0.200. The summed E-state index contributed by atoms with van der Waals surface area (Å²) in [5.74, 6) is -1.74. The van der Waals surface area contributed by atoms with Crippen molar-refractivity contribution < 1.29 is 19.4 Å². The number of aryl methyl sites for hydroxylation is 1. The number of phenolic OH excluding ortho intramolecular Hbond substituents is 1. The topological polar surface area (TPSA) is 130 Å². The minimum Gasteiger partial charge on any atom is -0.505 e. The molecule has 9 nitrogen and oxygen atoms in total. The van der Waals surface area contributed by atoms with Gasteiger partial charge >= 0.3 is 11.7 Å². The monoisotopic (exact) mass is 397 g/mol. The number of phenols is 1. The third kappa shape index (κ3) is 3.49. The molecule has 3 N–H and O–H groups in total. The molecule has 0 unspecified atom stereocenters. The Kier molecular flexibility index (Phi) is 5.22. The minimum absolute atomic E-state index is 0.0629. The number of amides is 1. The highest BCUT2D eigenvalue weighted by molar-refractivity contribution is 6.08. The van der Waals surface area contributed by atoms with Gasteiger partial charge in [0.05, 0.1) is 23.7 Å². The third-order valence-electron chi connectivity index (χ3n) is 4.59. The number of hydrogen-bond acceptors (Lipinski definition) is 6. The van der Waals surface area contributed by atoms with E-state index in [1.54, 1.807) is 19.9 Å². The molecule has 0 spiro atoms. The number of carbonyl (C=O) groups excluding carboxylic acids is 2. The van der Waals surface area contributed by atoms with Crippen LogP contribution in [0.4, 0.5) is 5.69 Å². The van der Waals surface area contributed by atoms with Crippen LogP contribution in [0.15, 0.2) is 39.9 Å². The molecule has 29 heavy (non-hydrogen) atoms. The maximum absolute atomic E-state index is 12.7. The van der Waals surface area contributed by atoms with E-state index in [9.17, 15) is 24.3 Å². The highest BCUT2D eigenvalue weighted by Crippen LogP contribution is 2.32. The molecule has 1 aromatic heterocycles. The molecule has 2 aromatic carbocycles. The Labute approximate surface area is 164 Å². The van der Waals surface area contributed by atoms with E-state index in [0.717, 1.165) is 4.57 Å². The first-order chi connectivity index (χ1) is 13.8. The Hall–Kier alpha value is -3.88. The molecule has 0 radical (unpaired) electrons. The number of anilines is 1. The highest BCUT2D eigenvalue weighted by atomic mass is 16.5. The van der Waals surface area contributed by atoms with Crippen molar-refractivity contribution in [1.29, 1.82) is 0 Å². The summed E-state index contributed by atoms with van der Waals surface area (Å²) in [4.78, 5) is 51.4. The predicted octanol–water partition coefficient (Wildman–Crippen LogP) is 1.76. The van der Waals surface area contributed by atoms with Crippen LogP contribution in [-0.2, 0) is 11.3 Å². The van der Waals surface area contributed by atoms with Crippen LogP contribution >= 0.6 is 0 Å². The predicted molar refractivity (Wildman–Crippen MR) is 107 cm³/mol. The molecule has 0 fully saturated rings. The lowest BCUT2D eigenvalue weighted by molar-refractivity contribution is 0.0597. The molecule has 9 heteroatoms. The Morgan fingerprint density at radius 2 is 1.93 bits per heavy atom. The molecule has 0 aliphatic carbocycles. The van der Waals surface area contributed by atoms with E-state index in [1.165, 1.54) is 31.4 Å². The Bertz CT molecular complexity index is 1260. The van der Waals surface area contributed by atoms with Gasteiger partial charge < -0.3 is 20.1 Å². The summed E-state index contributed by atoms with van der Waals surface area (Å²) in [6.45, 7) is 3.56. The number of fused-ring (bicyclic) bond motifs is 1. The Morgan fingerprint density at radius 3 is 2.59 bits per heavy atom. The van der Waals surface area contributed by atoms with Crippen LogP contribution in [0.5, 0.6) is 5.75 Å². The largest absolute Gasteiger partial charge is 0.505 e. The van der Waals surface area contributed by atoms with Gasteiger partial charge in [0.2, 0.25) is 0 Å². The lowest BCUT2D eigenvalue weighted by atomic mass is 10.1. The van der Waals surface area contributed by atoms with Crippen molar-refractivity contribution in [2.75, 3.05) is 12.4 Å². The maximum atomic E-state index is 12.7. The third-order valence-corrected chi connectivity index (χ3v) is 4.59. The highest BCUT2D eigenvalue weighted by Gasteiger charge is 2.19. The molecular formula is C20H19N3O6. The molecule has 1 heterocycles. The Morgan fingerprint density at radius 1 is 1.21 bits per heavy atom. The number of aromatic amines is 1. The number of aromatic nitrogens is 2. The van der Waals surface area contributed by atoms with Crippen molar-refractivity contribution in [3.05, 3.63) is 67.9 Å². The molecule has 0 atom stereocenters. The zero-order chi connectivity index (χ0) is 21.3. The lowest BCUT2D eigenvalue weighted by Crippen LogP contribution is -2.34. The summed E-state index contributed by atoms with van der Waals surface area (Å²) < 4.78 is 5.67. The molecule has 0 bridgehead atoms. The van der Waals surface area contributed by atoms with Gasteiger partial charge in [-0.15, -0.1) is 0 Å². The van der Waals surface area contributed by atoms with Crippen molar-refractivity contribution in [1.82, 2.24) is 9.55 Å². The fourth-order valence-corrected chi connectivity index (χ4v) is 2.99. The van der Waals surface area contributed by atoms with E-state index in [2.05, 4.69) is 15.0 Å². The fourth-order valence-electron chi connectivity index (χ4n) is 2.99. The number of H-pyrrole nitrogens is 1. The van der Waals surface area contributed by atoms with Crippen molar-refractivity contribution in [2.45, 2.75) is 20.4 Å². The van der Waals surface area contributed by atoms with E-state index in [1.807, 2.05) is 0 Å². The molecule has 0 saturated carbocycles. The first kappa shape index (κ1) is 19.9. The zero-order valence-electron chi connectivity index (χ0n) is 16.0. The number of benzene rings is 2. The molecule has 1 amide bonds. The molecule has 150 valence electrons. The van der Waals surface area contributed by atoms with Gasteiger partial charge in [-0.1, -0.05) is 6.07 Å². The summed E-state index contributed by atoms with van der Waals surface area (Å²) in [6, 6.07) is 7.22. The maximum Gasteiger partial charge on any atom is 0.341 e. The number of rotatable bonds is 4. The van der Waals surface area contributed by atoms with Crippen LogP contribution in [0, 0.1) is 6.92 Å². The molecular weight excluding hydrogens is 378 g/mol. The van der Waals surface area contributed by atoms with E-state index in [4.69, 9.17) is 0 Å². The second kappa shape index (κ2) is 7.63. The van der Waals surface area contributed by atoms with Crippen molar-refractivity contribution in [3.63, 3.8) is 0 Å². The van der Waals surface area contributed by atoms with Crippen LogP contribution in [0.2, 0.25) is 0 Å². The van der Waals surface area contributed by atoms with Crippen LogP contribution in [0.1, 0.15) is 33.2 Å². The molecule has 3 aromatic rings. The lowest BCUT2D eigenvalue weighted by Gasteiger charge is -2.13. The normalized spacial score (nSPS) is 10.7. The SMILES string of the molecule is CCn1c(=O)[nH]c2cc(C(=O)Nc3c(C)ccc(C(=O)OC)c3O)ccc2c1=O. The van der Waals surface area contributed by atoms with Gasteiger partial charge in [-0.2, -0.15) is 0 Å². The number of nitrogens with one attached hydrogen (secondary N) is 2. The van der Waals surface area contributed by atoms with E-state index < -0.39 is 28.9 Å². The van der Waals surface area contributed by atoms with Gasteiger partial charge in [0, 0.05) is 12.1 Å². The van der Waals surface area contributed by atoms with Crippen LogP contribution in [-0.4, -0.2) is 33.6 Å². The number of aromatic hydroxyl groups is 1. The number of nitrogens with zero attached hydrogens (tertiary/aromatic N) is 1. The average Bonchev–Trinajstić information content (AvgIpc) is 2.70. The van der Waals surface area contributed by atoms with Gasteiger partial charge in [0.15, 0.2) is 5.75 Å². The molecule has 0 aliphatic heterocycles. The van der Waals surface area contributed by atoms with E-state index in [0.29, 0.717) is 5.56 Å². The second-order valence-electron chi connectivity index (χ2n) is 6.34. The zero-order valence-corrected chi connectivity index (χ0v) is 16.0. The average molecular weight is 397 g/mol. The summed E-state index contributed by atoms with van der Waals surface area (Å²) in [6.07, 6.45) is 0. The van der Waals surface area contributed by atoms with Gasteiger partial charge in [0.25, 0.3) is 11.5 Å². The van der Waals surface area contributed by atoms with Crippen LogP contribution in [0.25, 0.3) is 10.9 Å². The van der Waals surface area contributed by atoms with E-state index in [-0.39, 0.29) is 34.3 Å². The second-order valence-corrected chi connectivity index (χ2v) is 6.34. The van der Waals surface area contributed by atoms with Gasteiger partial charge in [0.1, 0.15) is 5.56 Å². The van der Waals surface area contributed by atoms with Gasteiger partial charge in [-0.3, -0.25) is 14.2 Å². The quantitative estimate of drug-likeness (QED) is 0.454. The first-order valence-electron chi connectivity index (χ1n) is 8.77. The minimum atomic E-state index is -0.742. The van der Waals surface area contributed by atoms with E-state index >= 15 is 0 Å². The number of esters is 1. The van der Waals surface area contributed by atoms with Crippen molar-refractivity contribution in [3.8, 4) is 5.75 Å². The summed E-state index contributed by atoms with van der Waals surface area (Å²) in [5, 5.41) is 13.2. The van der Waals surface area contributed by atoms with Gasteiger partial charge in [-0.05, 0) is 43.7 Å². The van der Waals surface area contributed by atoms with Crippen LogP contribution < -0.4 is 16.6 Å². The smallest absolute Gasteiger partial charge is 0.341 e. The van der Waals surface area contributed by atoms with Crippen molar-refractivity contribution >= 4 is 28.5 Å². The molecule has 0 saturated heterocycles. The summed E-state index contributed by atoms with van der Waals surface area (Å²) in [5.41, 5.74) is -0.127. The number of methoxy groups -OCH3 is 1. The Balaban J connectivity index is 2.02. The standard InChI is InChI=1S/C20H19N3O6/c1-4-23-18(26)12-8-6-11(9-14(12)21-20(23)28)17(25)22-15-10(2)5-7-13(16(15)24)19(27)29-3/h5-9,24H,4H2,1-3H3,(H,21,28)(H,22,25). The molecule has 3 rings (SSSR count). The molecule has 0 aliphatic rings. The van der Waals surface area contributed by atoms with Crippen molar-refractivity contribution in [2.24, 2.45) is 0 Å². The first-order valence-corrected chi connectivity index (χ1v) is 8.77. The van der Waals surface area contributed by atoms with Gasteiger partial charge in [-0.25, -0.2) is 9.59 Å². The summed E-state index contributed by atoms with van der Waals surface area (Å²) >= 11 is 0. The number of hydrogen-bond donors (Lipinski definition) is 3. The number of carbonyl (C=O) groups is 2. The summed E-state index contributed by atoms with van der Waals surface area (Å²) in [7, 11) is 1.18. The number of ether oxygens (including phenoxy) is 1. The van der Waals surface area contributed by atoms with Crippen LogP contribution in [0.3, 0.4) is 0 Å².